The summed E-state index contributed by atoms with van der Waals surface area (Å²) in [5.74, 6) is -0.204. The van der Waals surface area contributed by atoms with Crippen molar-refractivity contribution in [2.45, 2.75) is 19.9 Å². The van der Waals surface area contributed by atoms with Gasteiger partial charge in [0.1, 0.15) is 6.04 Å². The molecule has 1 aromatic heterocycles. The Bertz CT molecular complexity index is 1180. The average Bonchev–Trinajstić information content (AvgIpc) is 3.42. The van der Waals surface area contributed by atoms with E-state index in [9.17, 15) is 9.90 Å². The van der Waals surface area contributed by atoms with Crippen LogP contribution in [0.5, 0.6) is 0 Å². The van der Waals surface area contributed by atoms with Gasteiger partial charge in [-0.2, -0.15) is 5.21 Å². The maximum absolute atomic E-state index is 12.4. The number of tetrazole rings is 1. The Kier molecular flexibility index (Phi) is 4.10. The molecule has 0 amide bonds. The Morgan fingerprint density at radius 3 is 2.73 bits per heavy atom. The third-order valence-electron chi connectivity index (χ3n) is 5.36. The zero-order valence-electron chi connectivity index (χ0n) is 16.3. The topological polar surface area (TPSA) is 126 Å². The van der Waals surface area contributed by atoms with E-state index in [1.54, 1.807) is 5.01 Å². The minimum absolute atomic E-state index is 0.221. The number of H-pyrrole nitrogens is 1. The fraction of sp³-hybridized carbons (Fsp3) is 0.211. The number of carboxylic acid groups (broad SMARTS) is 1. The molecule has 2 aliphatic rings. The molecule has 0 saturated carbocycles. The number of nitrogens with one attached hydrogen (secondary N) is 2. The molecule has 0 saturated heterocycles. The highest BCUT2D eigenvalue weighted by Gasteiger charge is 2.45. The summed E-state index contributed by atoms with van der Waals surface area (Å²) in [4.78, 5) is 14.3. The van der Waals surface area contributed by atoms with Gasteiger partial charge in [0.25, 0.3) is 0 Å². The van der Waals surface area contributed by atoms with Crippen LogP contribution in [0.1, 0.15) is 25.5 Å². The lowest BCUT2D eigenvalue weighted by molar-refractivity contribution is -0.133. The number of carbonyl (C=O) groups is 1. The number of nitrogens with zero attached hydrogens (tertiary/aromatic N) is 7. The first-order chi connectivity index (χ1) is 14.6. The summed E-state index contributed by atoms with van der Waals surface area (Å²) < 4.78 is 0. The van der Waals surface area contributed by atoms with Gasteiger partial charge in [0, 0.05) is 12.2 Å². The van der Waals surface area contributed by atoms with Crippen LogP contribution >= 0.6 is 0 Å². The van der Waals surface area contributed by atoms with Gasteiger partial charge in [0.15, 0.2) is 0 Å². The summed E-state index contributed by atoms with van der Waals surface area (Å²) in [7, 11) is 0. The van der Waals surface area contributed by atoms with Crippen LogP contribution in [0.25, 0.3) is 10.8 Å². The number of hydrogen-bond donors (Lipinski definition) is 3. The molecule has 11 nitrogen and oxygen atoms in total. The van der Waals surface area contributed by atoms with Gasteiger partial charge in [-0.05, 0) is 35.4 Å². The number of fused-ring (bicyclic) bond motifs is 2. The summed E-state index contributed by atoms with van der Waals surface area (Å²) in [6.45, 7) is 4.29. The van der Waals surface area contributed by atoms with Crippen molar-refractivity contribution in [3.8, 4) is 0 Å². The van der Waals surface area contributed by atoms with E-state index >= 15 is 0 Å². The molecule has 0 fully saturated rings. The number of hydrogen-bond acceptors (Lipinski definition) is 9. The number of aromatic nitrogens is 4. The number of aliphatic carboxylic acids is 1. The molecule has 3 aromatic rings. The van der Waals surface area contributed by atoms with E-state index < -0.39 is 12.0 Å². The van der Waals surface area contributed by atoms with E-state index in [4.69, 9.17) is 0 Å². The maximum Gasteiger partial charge on any atom is 0.335 e. The number of hydrazone groups is 1. The lowest BCUT2D eigenvalue weighted by Gasteiger charge is -2.41. The Morgan fingerprint density at radius 2 is 2.00 bits per heavy atom. The van der Waals surface area contributed by atoms with Crippen LogP contribution in [-0.4, -0.2) is 54.1 Å². The van der Waals surface area contributed by atoms with E-state index in [2.05, 4.69) is 31.3 Å². The smallest absolute Gasteiger partial charge is 0.335 e. The normalized spacial score (nSPS) is 18.8. The van der Waals surface area contributed by atoms with Crippen LogP contribution in [-0.2, 0) is 4.79 Å². The molecule has 30 heavy (non-hydrogen) atoms. The van der Waals surface area contributed by atoms with Gasteiger partial charge < -0.3 is 10.0 Å². The number of anilines is 1. The number of hydrazine groups is 2. The van der Waals surface area contributed by atoms with Crippen LogP contribution in [0.15, 0.2) is 58.8 Å². The van der Waals surface area contributed by atoms with Crippen molar-refractivity contribution >= 4 is 28.6 Å². The first-order valence-electron chi connectivity index (χ1n) is 9.47. The number of guanidine groups is 1. The van der Waals surface area contributed by atoms with Crippen LogP contribution in [0.4, 0.5) is 5.95 Å². The van der Waals surface area contributed by atoms with Crippen molar-refractivity contribution < 1.29 is 9.90 Å². The number of aromatic amines is 1. The number of allylic oxidation sites excluding steroid dienone is 1. The SMILES string of the molecule is CCN1C2=NN(c3nn[nH]n3)NN2C(c2cccc3ccccc23)C(C(=O)O)=C1C. The molecule has 0 bridgehead atoms. The Labute approximate surface area is 171 Å². The van der Waals surface area contributed by atoms with Gasteiger partial charge in [-0.15, -0.1) is 20.9 Å². The van der Waals surface area contributed by atoms with E-state index in [0.717, 1.165) is 16.3 Å². The van der Waals surface area contributed by atoms with Crippen LogP contribution in [0, 0.1) is 0 Å². The van der Waals surface area contributed by atoms with E-state index in [-0.39, 0.29) is 11.5 Å². The third kappa shape index (κ3) is 2.59. The van der Waals surface area contributed by atoms with Crippen molar-refractivity contribution in [1.82, 2.24) is 36.1 Å². The Morgan fingerprint density at radius 1 is 1.20 bits per heavy atom. The molecule has 2 aromatic carbocycles. The molecule has 2 aliphatic heterocycles. The van der Waals surface area contributed by atoms with E-state index in [1.807, 2.05) is 61.2 Å². The number of benzene rings is 2. The molecule has 0 radical (unpaired) electrons. The van der Waals surface area contributed by atoms with Gasteiger partial charge in [-0.25, -0.2) is 9.80 Å². The first-order valence-corrected chi connectivity index (χ1v) is 9.47. The van der Waals surface area contributed by atoms with Gasteiger partial charge in [0.05, 0.1) is 5.57 Å². The largest absolute Gasteiger partial charge is 0.478 e. The highest BCUT2D eigenvalue weighted by Crippen LogP contribution is 2.40. The van der Waals surface area contributed by atoms with Crippen molar-refractivity contribution in [2.75, 3.05) is 11.7 Å². The standard InChI is InChI=1S/C19H19N9O2/c1-3-26-11(2)15(17(29)30)16(14-10-6-8-12-7-4-5-9-13(12)14)27-19(26)22-28(25-27)18-20-23-24-21-18/h4-10,16,25H,3H2,1-2H3,(H,29,30)(H,20,21,23,24). The van der Waals surface area contributed by atoms with Gasteiger partial charge >= 0.3 is 11.9 Å². The average molecular weight is 405 g/mol. The van der Waals surface area contributed by atoms with Crippen molar-refractivity contribution in [1.29, 1.82) is 0 Å². The quantitative estimate of drug-likeness (QED) is 0.593. The zero-order valence-corrected chi connectivity index (χ0v) is 16.3. The fourth-order valence-corrected chi connectivity index (χ4v) is 4.06. The fourth-order valence-electron chi connectivity index (χ4n) is 4.06. The summed E-state index contributed by atoms with van der Waals surface area (Å²) in [6.07, 6.45) is 0. The Balaban J connectivity index is 1.72. The zero-order chi connectivity index (χ0) is 20.8. The molecule has 0 aliphatic carbocycles. The molecule has 11 heteroatoms. The van der Waals surface area contributed by atoms with Crippen molar-refractivity contribution in [3.63, 3.8) is 0 Å². The minimum Gasteiger partial charge on any atom is -0.478 e. The van der Waals surface area contributed by atoms with Gasteiger partial charge in [-0.1, -0.05) is 47.6 Å². The summed E-state index contributed by atoms with van der Waals surface area (Å²) in [6, 6.07) is 13.2. The van der Waals surface area contributed by atoms with Crippen molar-refractivity contribution in [3.05, 3.63) is 59.3 Å². The monoisotopic (exact) mass is 405 g/mol. The predicted octanol–water partition coefficient (Wildman–Crippen LogP) is 1.60. The Hall–Kier alpha value is -3.99. The van der Waals surface area contributed by atoms with E-state index in [1.165, 1.54) is 5.12 Å². The predicted molar refractivity (Wildman–Crippen MR) is 108 cm³/mol. The summed E-state index contributed by atoms with van der Waals surface area (Å²) in [5, 5.41) is 33.8. The van der Waals surface area contributed by atoms with Crippen molar-refractivity contribution in [2.24, 2.45) is 5.10 Å². The first kappa shape index (κ1) is 18.1. The number of carboxylic acids is 1. The van der Waals surface area contributed by atoms with Gasteiger partial charge in [-0.3, -0.25) is 0 Å². The lowest BCUT2D eigenvalue weighted by atomic mass is 9.90. The van der Waals surface area contributed by atoms with Gasteiger partial charge in [0.2, 0.25) is 5.96 Å². The molecule has 152 valence electrons. The minimum atomic E-state index is -0.984. The van der Waals surface area contributed by atoms with Crippen LogP contribution < -0.4 is 10.7 Å². The number of rotatable bonds is 4. The summed E-state index contributed by atoms with van der Waals surface area (Å²) in [5.41, 5.74) is 4.88. The molecule has 1 unspecified atom stereocenters. The lowest BCUT2D eigenvalue weighted by Crippen LogP contribution is -2.54. The molecular weight excluding hydrogens is 386 g/mol. The molecule has 1 atom stereocenters. The molecular formula is C19H19N9O2. The second kappa shape index (κ2) is 6.81. The maximum atomic E-state index is 12.4. The third-order valence-corrected chi connectivity index (χ3v) is 5.36. The highest BCUT2D eigenvalue weighted by molar-refractivity contribution is 5.97. The van der Waals surface area contributed by atoms with Crippen LogP contribution in [0.3, 0.4) is 0 Å². The second-order valence-corrected chi connectivity index (χ2v) is 6.91. The second-order valence-electron chi connectivity index (χ2n) is 6.91. The molecule has 5 rings (SSSR count). The van der Waals surface area contributed by atoms with E-state index in [0.29, 0.717) is 18.2 Å². The van der Waals surface area contributed by atoms with Crippen LogP contribution in [0.2, 0.25) is 0 Å². The summed E-state index contributed by atoms with van der Waals surface area (Å²) >= 11 is 0. The molecule has 3 heterocycles. The molecule has 0 spiro atoms. The highest BCUT2D eigenvalue weighted by atomic mass is 16.4. The molecule has 3 N–H and O–H groups in total.